The lowest BCUT2D eigenvalue weighted by Gasteiger charge is -2.33. The quantitative estimate of drug-likeness (QED) is 0.907. The van der Waals surface area contributed by atoms with Crippen molar-refractivity contribution in [2.45, 2.75) is 42.8 Å². The molecule has 0 radical (unpaired) electrons. The number of aromatic nitrogens is 2. The molecule has 5 nitrogen and oxygen atoms in total. The van der Waals surface area contributed by atoms with E-state index in [0.29, 0.717) is 18.4 Å². The van der Waals surface area contributed by atoms with Crippen LogP contribution in [0.4, 0.5) is 13.2 Å². The highest BCUT2D eigenvalue weighted by Gasteiger charge is 2.46. The zero-order valence-electron chi connectivity index (χ0n) is 11.9. The minimum absolute atomic E-state index is 0.0564. The van der Waals surface area contributed by atoms with Gasteiger partial charge in [0.15, 0.2) is 0 Å². The van der Waals surface area contributed by atoms with E-state index in [9.17, 15) is 21.6 Å². The molecule has 2 aromatic rings. The van der Waals surface area contributed by atoms with E-state index < -0.39 is 28.2 Å². The van der Waals surface area contributed by atoms with Crippen LogP contribution in [0.1, 0.15) is 25.7 Å². The highest BCUT2D eigenvalue weighted by Crippen LogP contribution is 2.38. The second kappa shape index (κ2) is 5.99. The molecule has 0 amide bonds. The van der Waals surface area contributed by atoms with E-state index >= 15 is 0 Å². The second-order valence-corrected chi connectivity index (χ2v) is 7.76. The summed E-state index contributed by atoms with van der Waals surface area (Å²) in [6.07, 6.45) is -3.27. The summed E-state index contributed by atoms with van der Waals surface area (Å²) in [5, 5.41) is 0. The molecule has 1 aromatic heterocycles. The molecule has 1 fully saturated rings. The van der Waals surface area contributed by atoms with Crippen LogP contribution in [0.2, 0.25) is 0 Å². The number of hydrogen-bond acceptors (Lipinski definition) is 5. The molecule has 0 bridgehead atoms. The van der Waals surface area contributed by atoms with Gasteiger partial charge in [-0.1, -0.05) is 18.9 Å². The summed E-state index contributed by atoms with van der Waals surface area (Å²) >= 11 is 0.862. The van der Waals surface area contributed by atoms with Crippen LogP contribution in [0, 0.1) is 5.92 Å². The number of fused-ring (bicyclic) bond motifs is 1. The highest BCUT2D eigenvalue weighted by atomic mass is 32.2. The molecule has 2 atom stereocenters. The minimum Gasteiger partial charge on any atom is -0.207 e. The van der Waals surface area contributed by atoms with Crippen molar-refractivity contribution in [3.63, 3.8) is 0 Å². The first kappa shape index (κ1) is 16.6. The Kier molecular flexibility index (Phi) is 4.32. The van der Waals surface area contributed by atoms with Gasteiger partial charge in [-0.3, -0.25) is 0 Å². The van der Waals surface area contributed by atoms with Crippen molar-refractivity contribution in [1.29, 1.82) is 0 Å². The third-order valence-electron chi connectivity index (χ3n) is 4.03. The van der Waals surface area contributed by atoms with Crippen molar-refractivity contribution in [3.8, 4) is 0 Å². The van der Waals surface area contributed by atoms with Gasteiger partial charge in [-0.25, -0.2) is 13.1 Å². The fourth-order valence-electron chi connectivity index (χ4n) is 2.92. The van der Waals surface area contributed by atoms with Gasteiger partial charge in [0.1, 0.15) is 15.9 Å². The van der Waals surface area contributed by atoms with Crippen LogP contribution in [0.3, 0.4) is 0 Å². The Morgan fingerprint density at radius 2 is 1.91 bits per heavy atom. The van der Waals surface area contributed by atoms with Gasteiger partial charge >= 0.3 is 6.18 Å². The zero-order chi connectivity index (χ0) is 16.7. The monoisotopic (exact) mass is 365 g/mol. The van der Waals surface area contributed by atoms with Gasteiger partial charge < -0.3 is 0 Å². The second-order valence-electron chi connectivity index (χ2n) is 5.55. The first-order chi connectivity index (χ1) is 10.8. The Balaban J connectivity index is 1.92. The molecule has 0 aliphatic heterocycles. The maximum absolute atomic E-state index is 13.1. The Morgan fingerprint density at radius 3 is 2.65 bits per heavy atom. The van der Waals surface area contributed by atoms with E-state index in [-0.39, 0.29) is 23.3 Å². The highest BCUT2D eigenvalue weighted by molar-refractivity contribution is 7.89. The average molecular weight is 365 g/mol. The molecule has 3 rings (SSSR count). The van der Waals surface area contributed by atoms with Crippen LogP contribution in [0.15, 0.2) is 23.1 Å². The molecule has 0 spiro atoms. The summed E-state index contributed by atoms with van der Waals surface area (Å²) in [6.45, 7) is 0. The molecular formula is C13H14F3N3O2S2. The van der Waals surface area contributed by atoms with Crippen LogP contribution in [-0.2, 0) is 10.0 Å². The fraction of sp³-hybridized carbons (Fsp3) is 0.538. The van der Waals surface area contributed by atoms with E-state index in [1.54, 1.807) is 6.07 Å². The third-order valence-corrected chi connectivity index (χ3v) is 6.10. The number of sulfonamides is 1. The SMILES string of the molecule is O=S(=O)(N[C@@H]1CCCC[C@H]1C(F)(F)F)c1cccc2nsnc12. The molecule has 0 unspecified atom stereocenters. The first-order valence-electron chi connectivity index (χ1n) is 7.09. The standard InChI is InChI=1S/C13H14F3N3O2S2/c14-13(15,16)8-4-1-2-5-9(8)19-23(20,21)11-7-3-6-10-12(11)18-22-17-10/h3,6-9,19H,1-2,4-5H2/t8-,9-/m1/s1. The Hall–Kier alpha value is -1.26. The summed E-state index contributed by atoms with van der Waals surface area (Å²) in [4.78, 5) is -0.129. The number of benzene rings is 1. The molecule has 0 saturated heterocycles. The van der Waals surface area contributed by atoms with E-state index in [4.69, 9.17) is 0 Å². The molecule has 1 saturated carbocycles. The van der Waals surface area contributed by atoms with Crippen molar-refractivity contribution in [2.24, 2.45) is 5.92 Å². The molecule has 10 heteroatoms. The van der Waals surface area contributed by atoms with Crippen LogP contribution in [0.5, 0.6) is 0 Å². The lowest BCUT2D eigenvalue weighted by atomic mass is 9.85. The van der Waals surface area contributed by atoms with Crippen molar-refractivity contribution in [3.05, 3.63) is 18.2 Å². The zero-order valence-corrected chi connectivity index (χ0v) is 13.5. The average Bonchev–Trinajstić information content (AvgIpc) is 2.94. The van der Waals surface area contributed by atoms with Gasteiger partial charge in [-0.2, -0.15) is 21.9 Å². The van der Waals surface area contributed by atoms with Gasteiger partial charge in [0.2, 0.25) is 10.0 Å². The van der Waals surface area contributed by atoms with Crippen LogP contribution in [-0.4, -0.2) is 29.4 Å². The van der Waals surface area contributed by atoms with Crippen LogP contribution < -0.4 is 4.72 Å². The molecule has 1 aliphatic carbocycles. The number of alkyl halides is 3. The molecule has 1 aromatic carbocycles. The molecular weight excluding hydrogens is 351 g/mol. The summed E-state index contributed by atoms with van der Waals surface area (Å²) in [5.41, 5.74) is 0.596. The molecule has 1 N–H and O–H groups in total. The number of rotatable bonds is 3. The summed E-state index contributed by atoms with van der Waals surface area (Å²) in [6, 6.07) is 3.30. The number of hydrogen-bond donors (Lipinski definition) is 1. The Bertz CT molecular complexity index is 804. The van der Waals surface area contributed by atoms with Crippen molar-refractivity contribution in [1.82, 2.24) is 13.5 Å². The largest absolute Gasteiger partial charge is 0.393 e. The summed E-state index contributed by atoms with van der Waals surface area (Å²) in [7, 11) is -4.10. The molecule has 1 aliphatic rings. The fourth-order valence-corrected chi connectivity index (χ4v) is 5.00. The molecule has 1 heterocycles. The van der Waals surface area contributed by atoms with E-state index in [1.807, 2.05) is 0 Å². The van der Waals surface area contributed by atoms with Crippen molar-refractivity contribution in [2.75, 3.05) is 0 Å². The smallest absolute Gasteiger partial charge is 0.207 e. The first-order valence-corrected chi connectivity index (χ1v) is 9.31. The van der Waals surface area contributed by atoms with Gasteiger partial charge in [0, 0.05) is 6.04 Å². The number of nitrogens with zero attached hydrogens (tertiary/aromatic N) is 2. The lowest BCUT2D eigenvalue weighted by Crippen LogP contribution is -2.47. The van der Waals surface area contributed by atoms with Gasteiger partial charge in [-0.05, 0) is 25.0 Å². The van der Waals surface area contributed by atoms with Crippen LogP contribution in [0.25, 0.3) is 11.0 Å². The minimum atomic E-state index is -4.41. The summed E-state index contributed by atoms with van der Waals surface area (Å²) in [5.74, 6) is -1.65. The van der Waals surface area contributed by atoms with Crippen molar-refractivity contribution < 1.29 is 21.6 Å². The predicted octanol–water partition coefficient (Wildman–Crippen LogP) is 3.09. The topological polar surface area (TPSA) is 72.0 Å². The Morgan fingerprint density at radius 1 is 1.17 bits per heavy atom. The van der Waals surface area contributed by atoms with Crippen molar-refractivity contribution >= 4 is 32.8 Å². The predicted molar refractivity (Wildman–Crippen MR) is 79.5 cm³/mol. The maximum atomic E-state index is 13.1. The van der Waals surface area contributed by atoms with Crippen LogP contribution >= 0.6 is 11.7 Å². The van der Waals surface area contributed by atoms with Gasteiger partial charge in [0.25, 0.3) is 0 Å². The molecule has 23 heavy (non-hydrogen) atoms. The van der Waals surface area contributed by atoms with E-state index in [1.165, 1.54) is 12.1 Å². The molecule has 126 valence electrons. The number of halogens is 3. The normalized spacial score (nSPS) is 23.3. The van der Waals surface area contributed by atoms with E-state index in [0.717, 1.165) is 11.7 Å². The van der Waals surface area contributed by atoms with E-state index in [2.05, 4.69) is 13.5 Å². The Labute approximate surface area is 135 Å². The maximum Gasteiger partial charge on any atom is 0.393 e. The third kappa shape index (κ3) is 3.33. The lowest BCUT2D eigenvalue weighted by molar-refractivity contribution is -0.187. The number of nitrogens with one attached hydrogen (secondary N) is 1. The van der Waals surface area contributed by atoms with Gasteiger partial charge in [0.05, 0.1) is 17.6 Å². The summed E-state index contributed by atoms with van der Waals surface area (Å²) < 4.78 is 74.6. The van der Waals surface area contributed by atoms with Gasteiger partial charge in [-0.15, -0.1) is 0 Å².